The van der Waals surface area contributed by atoms with Gasteiger partial charge in [0.1, 0.15) is 6.61 Å². The highest BCUT2D eigenvalue weighted by Crippen LogP contribution is 2.50. The summed E-state index contributed by atoms with van der Waals surface area (Å²) in [6, 6.07) is 21.5. The van der Waals surface area contributed by atoms with Crippen LogP contribution < -0.4 is 14.8 Å². The molecule has 1 heterocycles. The number of hydrogen-bond acceptors (Lipinski definition) is 4. The predicted molar refractivity (Wildman–Crippen MR) is 145 cm³/mol. The zero-order chi connectivity index (χ0) is 24.2. The van der Waals surface area contributed by atoms with Gasteiger partial charge in [0.25, 0.3) is 0 Å². The van der Waals surface area contributed by atoms with Crippen molar-refractivity contribution in [2.45, 2.75) is 32.2 Å². The second-order valence-corrected chi connectivity index (χ2v) is 9.15. The van der Waals surface area contributed by atoms with E-state index in [0.717, 1.165) is 17.7 Å². The second kappa shape index (κ2) is 10.2. The fourth-order valence-electron chi connectivity index (χ4n) is 5.10. The molecule has 0 saturated heterocycles. The van der Waals surface area contributed by atoms with Crippen molar-refractivity contribution in [1.29, 1.82) is 0 Å². The van der Waals surface area contributed by atoms with Crippen molar-refractivity contribution in [3.05, 3.63) is 108 Å². The first kappa shape index (κ1) is 23.0. The van der Waals surface area contributed by atoms with Crippen molar-refractivity contribution in [1.82, 2.24) is 0 Å². The minimum absolute atomic E-state index is 0.292. The van der Waals surface area contributed by atoms with Crippen LogP contribution in [0.3, 0.4) is 0 Å². The average Bonchev–Trinajstić information content (AvgIpc) is 3.38. The summed E-state index contributed by atoms with van der Waals surface area (Å²) >= 11 is 0. The summed E-state index contributed by atoms with van der Waals surface area (Å²) in [6.07, 6.45) is 9.41. The topological polar surface area (TPSA) is 42.8 Å². The third-order valence-corrected chi connectivity index (χ3v) is 6.76. The van der Waals surface area contributed by atoms with Crippen LogP contribution in [0.5, 0.6) is 11.5 Å². The summed E-state index contributed by atoms with van der Waals surface area (Å²) in [4.78, 5) is 4.70. The Bertz CT molecular complexity index is 1260. The Balaban J connectivity index is 1.33. The molecule has 0 saturated carbocycles. The van der Waals surface area contributed by atoms with E-state index in [1.165, 1.54) is 22.4 Å². The Labute approximate surface area is 208 Å². The zero-order valence-electron chi connectivity index (χ0n) is 20.4. The fourth-order valence-corrected chi connectivity index (χ4v) is 5.10. The van der Waals surface area contributed by atoms with E-state index in [0.29, 0.717) is 42.6 Å². The van der Waals surface area contributed by atoms with Crippen molar-refractivity contribution in [3.8, 4) is 11.5 Å². The summed E-state index contributed by atoms with van der Waals surface area (Å²) in [6.45, 7) is 8.85. The number of nitrogens with one attached hydrogen (secondary N) is 1. The third-order valence-electron chi connectivity index (χ3n) is 6.76. The first-order chi connectivity index (χ1) is 17.2. The Morgan fingerprint density at radius 3 is 2.69 bits per heavy atom. The van der Waals surface area contributed by atoms with E-state index >= 15 is 0 Å². The summed E-state index contributed by atoms with van der Waals surface area (Å²) in [5, 5.41) is 3.82. The van der Waals surface area contributed by atoms with Gasteiger partial charge < -0.3 is 14.8 Å². The maximum Gasteiger partial charge on any atom is 0.161 e. The number of aryl methyl sites for hydroxylation is 1. The molecule has 0 unspecified atom stereocenters. The highest BCUT2D eigenvalue weighted by molar-refractivity contribution is 5.83. The van der Waals surface area contributed by atoms with Gasteiger partial charge in [-0.1, -0.05) is 54.6 Å². The van der Waals surface area contributed by atoms with Crippen LogP contribution >= 0.6 is 0 Å². The number of rotatable bonds is 8. The van der Waals surface area contributed by atoms with Gasteiger partial charge in [-0.25, -0.2) is 0 Å². The predicted octanol–water partition coefficient (Wildman–Crippen LogP) is 7.54. The van der Waals surface area contributed by atoms with E-state index in [4.69, 9.17) is 14.5 Å². The quantitative estimate of drug-likeness (QED) is 0.277. The van der Waals surface area contributed by atoms with E-state index in [1.807, 2.05) is 31.3 Å². The molecule has 4 heteroatoms. The minimum Gasteiger partial charge on any atom is -0.490 e. The third kappa shape index (κ3) is 4.88. The lowest BCUT2D eigenvalue weighted by molar-refractivity contribution is 0.297. The molecule has 178 valence electrons. The van der Waals surface area contributed by atoms with Crippen molar-refractivity contribution in [2.24, 2.45) is 10.9 Å². The molecular formula is C31H32N2O2. The first-order valence-corrected chi connectivity index (χ1v) is 12.3. The van der Waals surface area contributed by atoms with Gasteiger partial charge in [0.2, 0.25) is 0 Å². The van der Waals surface area contributed by atoms with Gasteiger partial charge in [0.05, 0.1) is 18.3 Å². The molecule has 0 radical (unpaired) electrons. The Kier molecular flexibility index (Phi) is 6.71. The molecule has 35 heavy (non-hydrogen) atoms. The standard InChI is InChI=1S/C31H32N2O2/c1-4-17-35-29-16-10-22(19-30(29)34-5-2)20-32-24-13-11-23(12-14-24)31-26-8-6-7-25(26)27-18-21(3)9-15-28(27)33-31/h4,6-7,9-16,18-20,25-26,31,33H,1,5,8,17H2,2-3H3/t25-,26-,31+/m1/s1. The van der Waals surface area contributed by atoms with Gasteiger partial charge in [-0.3, -0.25) is 4.99 Å². The molecule has 0 fully saturated rings. The average molecular weight is 465 g/mol. The van der Waals surface area contributed by atoms with Crippen molar-refractivity contribution < 1.29 is 9.47 Å². The van der Waals surface area contributed by atoms with Crippen LogP contribution in [0.25, 0.3) is 0 Å². The Morgan fingerprint density at radius 2 is 1.89 bits per heavy atom. The van der Waals surface area contributed by atoms with Crippen LogP contribution in [0, 0.1) is 12.8 Å². The maximum atomic E-state index is 5.74. The number of benzene rings is 3. The number of ether oxygens (including phenoxy) is 2. The van der Waals surface area contributed by atoms with Crippen LogP contribution in [0.2, 0.25) is 0 Å². The molecular weight excluding hydrogens is 432 g/mol. The highest BCUT2D eigenvalue weighted by Gasteiger charge is 2.37. The molecule has 3 aromatic carbocycles. The summed E-state index contributed by atoms with van der Waals surface area (Å²) in [5.41, 5.74) is 7.18. The van der Waals surface area contributed by atoms with Gasteiger partial charge >= 0.3 is 0 Å². The van der Waals surface area contributed by atoms with Gasteiger partial charge in [0, 0.05) is 17.8 Å². The lowest BCUT2D eigenvalue weighted by atomic mass is 9.76. The monoisotopic (exact) mass is 464 g/mol. The van der Waals surface area contributed by atoms with Crippen LogP contribution in [0.15, 0.2) is 90.5 Å². The van der Waals surface area contributed by atoms with E-state index in [1.54, 1.807) is 6.08 Å². The van der Waals surface area contributed by atoms with Crippen LogP contribution in [-0.2, 0) is 0 Å². The highest BCUT2D eigenvalue weighted by atomic mass is 16.5. The van der Waals surface area contributed by atoms with Gasteiger partial charge in [-0.05, 0) is 79.3 Å². The van der Waals surface area contributed by atoms with Gasteiger partial charge in [-0.15, -0.1) is 0 Å². The normalized spacial score (nSPS) is 20.2. The van der Waals surface area contributed by atoms with Crippen LogP contribution in [0.1, 0.15) is 47.6 Å². The summed E-state index contributed by atoms with van der Waals surface area (Å²) in [7, 11) is 0. The van der Waals surface area contributed by atoms with Crippen LogP contribution in [-0.4, -0.2) is 19.4 Å². The molecule has 1 aliphatic carbocycles. The molecule has 1 aliphatic heterocycles. The second-order valence-electron chi connectivity index (χ2n) is 9.15. The molecule has 0 amide bonds. The number of aliphatic imine (C=N–C) groups is 1. The number of allylic oxidation sites excluding steroid dienone is 2. The van der Waals surface area contributed by atoms with Gasteiger partial charge in [0.15, 0.2) is 11.5 Å². The summed E-state index contributed by atoms with van der Waals surface area (Å²) < 4.78 is 11.4. The molecule has 2 aliphatic rings. The molecule has 0 aromatic heterocycles. The molecule has 4 nitrogen and oxygen atoms in total. The van der Waals surface area contributed by atoms with Crippen molar-refractivity contribution in [3.63, 3.8) is 0 Å². The SMILES string of the molecule is C=CCOc1ccc(C=Nc2ccc([C@@H]3Nc4ccc(C)cc4[C@@H]4C=CC[C@H]43)cc2)cc1OCC. The number of nitrogens with zero attached hydrogens (tertiary/aromatic N) is 1. The lowest BCUT2D eigenvalue weighted by Crippen LogP contribution is -2.29. The van der Waals surface area contributed by atoms with Crippen molar-refractivity contribution in [2.75, 3.05) is 18.5 Å². The fraction of sp³-hybridized carbons (Fsp3) is 0.258. The molecule has 3 atom stereocenters. The van der Waals surface area contributed by atoms with Crippen LogP contribution in [0.4, 0.5) is 11.4 Å². The number of anilines is 1. The van der Waals surface area contributed by atoms with Gasteiger partial charge in [-0.2, -0.15) is 0 Å². The minimum atomic E-state index is 0.292. The number of fused-ring (bicyclic) bond motifs is 3. The van der Waals surface area contributed by atoms with Crippen molar-refractivity contribution >= 4 is 17.6 Å². The largest absolute Gasteiger partial charge is 0.490 e. The summed E-state index contributed by atoms with van der Waals surface area (Å²) in [5.74, 6) is 2.45. The Morgan fingerprint density at radius 1 is 1.03 bits per heavy atom. The zero-order valence-corrected chi connectivity index (χ0v) is 20.4. The van der Waals surface area contributed by atoms with E-state index in [-0.39, 0.29) is 0 Å². The van der Waals surface area contributed by atoms with E-state index < -0.39 is 0 Å². The Hall–Kier alpha value is -3.79. The first-order valence-electron chi connectivity index (χ1n) is 12.3. The molecule has 0 bridgehead atoms. The molecule has 3 aromatic rings. The van der Waals surface area contributed by atoms with E-state index in [2.05, 4.69) is 73.4 Å². The lowest BCUT2D eigenvalue weighted by Gasteiger charge is -2.37. The number of hydrogen-bond donors (Lipinski definition) is 1. The molecule has 5 rings (SSSR count). The van der Waals surface area contributed by atoms with E-state index in [9.17, 15) is 0 Å². The smallest absolute Gasteiger partial charge is 0.161 e. The molecule has 0 spiro atoms. The molecule has 1 N–H and O–H groups in total. The maximum absolute atomic E-state index is 5.74.